The molecule has 0 radical (unpaired) electrons. The van der Waals surface area contributed by atoms with Gasteiger partial charge in [0.05, 0.1) is 11.1 Å². The second-order valence-electron chi connectivity index (χ2n) is 3.82. The maximum atomic E-state index is 9.16. The summed E-state index contributed by atoms with van der Waals surface area (Å²) in [6.07, 6.45) is 4.94. The van der Waals surface area contributed by atoms with Crippen LogP contribution in [0.15, 0.2) is 35.3 Å². The molecule has 2 N–H and O–H groups in total. The minimum atomic E-state index is 0.186. The van der Waals surface area contributed by atoms with Gasteiger partial charge in [0.1, 0.15) is 16.5 Å². The Hall–Kier alpha value is -2.46. The number of fused-ring (bicyclic) bond motifs is 1. The number of halogens is 1. The number of anilines is 1. The van der Waals surface area contributed by atoms with Crippen LogP contribution in [0.1, 0.15) is 5.56 Å². The number of rotatable bonds is 1. The van der Waals surface area contributed by atoms with Crippen LogP contribution < -0.4 is 5.73 Å². The molecule has 0 spiro atoms. The van der Waals surface area contributed by atoms with E-state index in [4.69, 9.17) is 11.0 Å². The van der Waals surface area contributed by atoms with E-state index in [-0.39, 0.29) is 5.95 Å². The van der Waals surface area contributed by atoms with E-state index in [1.807, 2.05) is 6.07 Å². The smallest absolute Gasteiger partial charge is 0.221 e. The highest BCUT2D eigenvalue weighted by atomic mass is 79.9. The van der Waals surface area contributed by atoms with Crippen LogP contribution in [0.3, 0.4) is 0 Å². The lowest BCUT2D eigenvalue weighted by Gasteiger charge is -2.04. The van der Waals surface area contributed by atoms with E-state index < -0.39 is 0 Å². The summed E-state index contributed by atoms with van der Waals surface area (Å²) >= 11 is 3.32. The Morgan fingerprint density at radius 1 is 1.37 bits per heavy atom. The van der Waals surface area contributed by atoms with Crippen molar-refractivity contribution in [2.45, 2.75) is 0 Å². The molecule has 0 aliphatic heterocycles. The van der Waals surface area contributed by atoms with Crippen molar-refractivity contribution in [3.05, 3.63) is 40.9 Å². The molecule has 3 aromatic rings. The highest BCUT2D eigenvalue weighted by molar-refractivity contribution is 9.10. The molecule has 3 aromatic heterocycles. The van der Waals surface area contributed by atoms with Crippen LogP contribution in [0.2, 0.25) is 0 Å². The van der Waals surface area contributed by atoms with Crippen molar-refractivity contribution in [3.63, 3.8) is 0 Å². The Balaban J connectivity index is 2.35. The van der Waals surface area contributed by atoms with Gasteiger partial charge in [-0.15, -0.1) is 0 Å². The Kier molecular flexibility index (Phi) is 2.65. The van der Waals surface area contributed by atoms with Gasteiger partial charge >= 0.3 is 0 Å². The molecule has 3 heterocycles. The van der Waals surface area contributed by atoms with Crippen LogP contribution in [-0.4, -0.2) is 19.5 Å². The van der Waals surface area contributed by atoms with Crippen LogP contribution in [0.4, 0.5) is 5.95 Å². The maximum Gasteiger partial charge on any atom is 0.221 e. The van der Waals surface area contributed by atoms with Gasteiger partial charge in [-0.1, -0.05) is 0 Å². The number of hydrogen-bond acceptors (Lipinski definition) is 5. The molecule has 92 valence electrons. The standard InChI is InChI=1S/C12H7BrN6/c13-10-3-9-8(5-17-10)7(4-14)6-19(9)11-1-2-16-12(15)18-11/h1-3,5-6H,(H2,15,16,18). The van der Waals surface area contributed by atoms with Crippen molar-refractivity contribution >= 4 is 32.8 Å². The second kappa shape index (κ2) is 4.33. The summed E-state index contributed by atoms with van der Waals surface area (Å²) in [6.45, 7) is 0. The summed E-state index contributed by atoms with van der Waals surface area (Å²) in [7, 11) is 0. The van der Waals surface area contributed by atoms with E-state index in [0.717, 1.165) is 10.9 Å². The highest BCUT2D eigenvalue weighted by Gasteiger charge is 2.11. The van der Waals surface area contributed by atoms with Crippen LogP contribution in [-0.2, 0) is 0 Å². The Labute approximate surface area is 116 Å². The van der Waals surface area contributed by atoms with Crippen molar-refractivity contribution in [2.75, 3.05) is 5.73 Å². The van der Waals surface area contributed by atoms with E-state index >= 15 is 0 Å². The molecule has 0 aliphatic carbocycles. The molecule has 19 heavy (non-hydrogen) atoms. The third kappa shape index (κ3) is 1.92. The third-order valence-corrected chi connectivity index (χ3v) is 3.12. The van der Waals surface area contributed by atoms with Gasteiger partial charge < -0.3 is 5.73 Å². The minimum absolute atomic E-state index is 0.186. The average molecular weight is 315 g/mol. The number of nitriles is 1. The van der Waals surface area contributed by atoms with Gasteiger partial charge in [-0.25, -0.2) is 9.97 Å². The van der Waals surface area contributed by atoms with Crippen LogP contribution in [0.25, 0.3) is 16.7 Å². The molecule has 0 aromatic carbocycles. The normalized spacial score (nSPS) is 10.5. The van der Waals surface area contributed by atoms with Crippen molar-refractivity contribution in [1.82, 2.24) is 19.5 Å². The summed E-state index contributed by atoms with van der Waals surface area (Å²) in [5, 5.41) is 9.93. The Morgan fingerprint density at radius 2 is 2.21 bits per heavy atom. The van der Waals surface area contributed by atoms with Gasteiger partial charge in [0.2, 0.25) is 5.95 Å². The van der Waals surface area contributed by atoms with Crippen LogP contribution in [0.5, 0.6) is 0 Å². The van der Waals surface area contributed by atoms with Gasteiger partial charge in [0, 0.05) is 24.0 Å². The first-order valence-corrected chi connectivity index (χ1v) is 6.14. The number of nitrogens with two attached hydrogens (primary N) is 1. The summed E-state index contributed by atoms with van der Waals surface area (Å²) in [5.41, 5.74) is 6.95. The zero-order chi connectivity index (χ0) is 13.4. The zero-order valence-corrected chi connectivity index (χ0v) is 11.2. The van der Waals surface area contributed by atoms with Gasteiger partial charge in [-0.3, -0.25) is 4.57 Å². The fourth-order valence-corrected chi connectivity index (χ4v) is 2.19. The summed E-state index contributed by atoms with van der Waals surface area (Å²) in [4.78, 5) is 12.1. The predicted molar refractivity (Wildman–Crippen MR) is 73.5 cm³/mol. The molecule has 0 unspecified atom stereocenters. The first kappa shape index (κ1) is 11.6. The Bertz CT molecular complexity index is 817. The van der Waals surface area contributed by atoms with Crippen molar-refractivity contribution in [3.8, 4) is 11.9 Å². The van der Waals surface area contributed by atoms with E-state index in [1.54, 1.807) is 29.2 Å². The molecule has 0 saturated carbocycles. The van der Waals surface area contributed by atoms with Crippen molar-refractivity contribution < 1.29 is 0 Å². The third-order valence-electron chi connectivity index (χ3n) is 2.68. The summed E-state index contributed by atoms with van der Waals surface area (Å²) in [5.74, 6) is 0.795. The molecule has 0 amide bonds. The average Bonchev–Trinajstić information content (AvgIpc) is 2.76. The maximum absolute atomic E-state index is 9.16. The molecule has 0 aliphatic rings. The molecular formula is C12H7BrN6. The number of nitrogen functional groups attached to an aromatic ring is 1. The van der Waals surface area contributed by atoms with Gasteiger partial charge in [-0.2, -0.15) is 10.2 Å². The molecule has 7 heteroatoms. The first-order valence-electron chi connectivity index (χ1n) is 5.34. The zero-order valence-electron chi connectivity index (χ0n) is 9.58. The first-order chi connectivity index (χ1) is 9.19. The molecule has 0 bridgehead atoms. The highest BCUT2D eigenvalue weighted by Crippen LogP contribution is 2.25. The van der Waals surface area contributed by atoms with Crippen molar-refractivity contribution in [2.24, 2.45) is 0 Å². The van der Waals surface area contributed by atoms with E-state index in [9.17, 15) is 0 Å². The lowest BCUT2D eigenvalue weighted by atomic mass is 10.2. The van der Waals surface area contributed by atoms with Gasteiger partial charge in [-0.05, 0) is 28.1 Å². The Morgan fingerprint density at radius 3 is 2.95 bits per heavy atom. The van der Waals surface area contributed by atoms with E-state index in [1.165, 1.54) is 0 Å². The fraction of sp³-hybridized carbons (Fsp3) is 0. The quantitative estimate of drug-likeness (QED) is 0.694. The fourth-order valence-electron chi connectivity index (χ4n) is 1.87. The van der Waals surface area contributed by atoms with Gasteiger partial charge in [0.25, 0.3) is 0 Å². The molecular weight excluding hydrogens is 308 g/mol. The lowest BCUT2D eigenvalue weighted by molar-refractivity contribution is 1.02. The van der Waals surface area contributed by atoms with Crippen LogP contribution >= 0.6 is 15.9 Å². The largest absolute Gasteiger partial charge is 0.368 e. The predicted octanol–water partition coefficient (Wildman–Crippen LogP) is 2.03. The van der Waals surface area contributed by atoms with E-state index in [2.05, 4.69) is 37.0 Å². The second-order valence-corrected chi connectivity index (χ2v) is 4.63. The minimum Gasteiger partial charge on any atom is -0.368 e. The number of hydrogen-bond donors (Lipinski definition) is 1. The monoisotopic (exact) mass is 314 g/mol. The molecule has 3 rings (SSSR count). The SMILES string of the molecule is N#Cc1cn(-c2ccnc(N)n2)c2cc(Br)ncc12. The van der Waals surface area contributed by atoms with E-state index in [0.29, 0.717) is 16.0 Å². The lowest BCUT2D eigenvalue weighted by Crippen LogP contribution is -2.01. The van der Waals surface area contributed by atoms with Gasteiger partial charge in [0.15, 0.2) is 0 Å². The number of nitrogens with zero attached hydrogens (tertiary/aromatic N) is 5. The molecule has 6 nitrogen and oxygen atoms in total. The summed E-state index contributed by atoms with van der Waals surface area (Å²) in [6, 6.07) is 5.70. The summed E-state index contributed by atoms with van der Waals surface area (Å²) < 4.78 is 2.48. The van der Waals surface area contributed by atoms with Crippen LogP contribution in [0, 0.1) is 11.3 Å². The number of pyridine rings is 1. The molecule has 0 fully saturated rings. The molecule has 0 saturated heterocycles. The number of aromatic nitrogens is 4. The molecule has 0 atom stereocenters. The topological polar surface area (TPSA) is 93.4 Å². The van der Waals surface area contributed by atoms with Crippen molar-refractivity contribution in [1.29, 1.82) is 5.26 Å².